The van der Waals surface area contributed by atoms with Crippen molar-refractivity contribution in [1.29, 1.82) is 0 Å². The molecule has 0 aliphatic carbocycles. The molecule has 0 unspecified atom stereocenters. The Labute approximate surface area is 176 Å². The number of rotatable bonds is 7. The minimum atomic E-state index is -3.66. The fraction of sp³-hybridized carbons (Fsp3) is 0.261. The van der Waals surface area contributed by atoms with Gasteiger partial charge in [0.2, 0.25) is 15.9 Å². The quantitative estimate of drug-likeness (QED) is 0.588. The molecule has 0 radical (unpaired) electrons. The molecule has 1 fully saturated rings. The van der Waals surface area contributed by atoms with Crippen LogP contribution in [-0.2, 0) is 14.8 Å². The third kappa shape index (κ3) is 4.32. The number of nitrogens with one attached hydrogen (secondary N) is 1. The third-order valence-corrected chi connectivity index (χ3v) is 6.69. The van der Waals surface area contributed by atoms with Crippen LogP contribution in [0.2, 0.25) is 0 Å². The molecule has 1 aliphatic heterocycles. The molecule has 1 heterocycles. The molecular weight excluding hydrogens is 400 g/mol. The third-order valence-electron chi connectivity index (χ3n) is 5.23. The highest BCUT2D eigenvalue weighted by molar-refractivity contribution is 7.89. The van der Waals surface area contributed by atoms with Crippen molar-refractivity contribution in [3.8, 4) is 5.75 Å². The summed E-state index contributed by atoms with van der Waals surface area (Å²) in [6, 6.07) is 18.6. The summed E-state index contributed by atoms with van der Waals surface area (Å²) < 4.78 is 33.5. The molecule has 6 nitrogen and oxygen atoms in total. The van der Waals surface area contributed by atoms with Crippen molar-refractivity contribution in [1.82, 2.24) is 4.72 Å². The maximum atomic E-state index is 12.6. The van der Waals surface area contributed by atoms with E-state index in [1.165, 1.54) is 0 Å². The highest BCUT2D eigenvalue weighted by Crippen LogP contribution is 2.27. The largest absolute Gasteiger partial charge is 0.492 e. The molecule has 30 heavy (non-hydrogen) atoms. The average molecular weight is 425 g/mol. The van der Waals surface area contributed by atoms with Gasteiger partial charge in [0.05, 0.1) is 4.90 Å². The molecule has 0 atom stereocenters. The predicted octanol–water partition coefficient (Wildman–Crippen LogP) is 3.63. The molecule has 1 saturated heterocycles. The van der Waals surface area contributed by atoms with Gasteiger partial charge in [0, 0.05) is 25.2 Å². The summed E-state index contributed by atoms with van der Waals surface area (Å²) in [5, 5.41) is 2.20. The topological polar surface area (TPSA) is 75.7 Å². The van der Waals surface area contributed by atoms with E-state index in [1.54, 1.807) is 23.1 Å². The van der Waals surface area contributed by atoms with Gasteiger partial charge in [-0.15, -0.1) is 0 Å². The normalized spacial score (nSPS) is 14.4. The fourth-order valence-electron chi connectivity index (χ4n) is 3.69. The highest BCUT2D eigenvalue weighted by atomic mass is 32.2. The summed E-state index contributed by atoms with van der Waals surface area (Å²) in [7, 11) is -3.66. The Balaban J connectivity index is 1.36. The van der Waals surface area contributed by atoms with E-state index in [2.05, 4.69) is 4.72 Å². The molecule has 0 aromatic heterocycles. The minimum Gasteiger partial charge on any atom is -0.492 e. The Bertz CT molecular complexity index is 1190. The molecule has 1 aliphatic rings. The molecule has 1 N–H and O–H groups in total. The second-order valence-electron chi connectivity index (χ2n) is 7.35. The van der Waals surface area contributed by atoms with E-state index in [9.17, 15) is 13.2 Å². The Morgan fingerprint density at radius 1 is 1.03 bits per heavy atom. The van der Waals surface area contributed by atoms with Gasteiger partial charge in [0.25, 0.3) is 0 Å². The molecule has 156 valence electrons. The molecule has 3 aromatic carbocycles. The first-order valence-electron chi connectivity index (χ1n) is 9.96. The van der Waals surface area contributed by atoms with Crippen LogP contribution in [0.15, 0.2) is 65.6 Å². The van der Waals surface area contributed by atoms with Crippen LogP contribution in [0.25, 0.3) is 10.8 Å². The van der Waals surface area contributed by atoms with Crippen molar-refractivity contribution >= 4 is 32.4 Å². The van der Waals surface area contributed by atoms with Crippen LogP contribution in [-0.4, -0.2) is 34.0 Å². The molecule has 4 rings (SSSR count). The van der Waals surface area contributed by atoms with Crippen LogP contribution >= 0.6 is 0 Å². The number of hydrogen-bond donors (Lipinski definition) is 1. The van der Waals surface area contributed by atoms with Gasteiger partial charge in [-0.25, -0.2) is 13.1 Å². The summed E-state index contributed by atoms with van der Waals surface area (Å²) in [5.41, 5.74) is 1.54. The summed E-state index contributed by atoms with van der Waals surface area (Å²) >= 11 is 0. The number of ether oxygens (including phenoxy) is 1. The van der Waals surface area contributed by atoms with Gasteiger partial charge >= 0.3 is 0 Å². The van der Waals surface area contributed by atoms with Gasteiger partial charge in [-0.3, -0.25) is 4.79 Å². The maximum absolute atomic E-state index is 12.6. The van der Waals surface area contributed by atoms with E-state index in [0.29, 0.717) is 18.7 Å². The summed E-state index contributed by atoms with van der Waals surface area (Å²) in [6.45, 7) is 2.87. The van der Waals surface area contributed by atoms with Crippen LogP contribution in [0.1, 0.15) is 18.4 Å². The first-order valence-corrected chi connectivity index (χ1v) is 11.4. The molecule has 0 saturated carbocycles. The molecule has 7 heteroatoms. The highest BCUT2D eigenvalue weighted by Gasteiger charge is 2.24. The Morgan fingerprint density at radius 2 is 1.83 bits per heavy atom. The van der Waals surface area contributed by atoms with E-state index in [1.807, 2.05) is 49.4 Å². The van der Waals surface area contributed by atoms with Crippen molar-refractivity contribution in [2.75, 3.05) is 24.6 Å². The molecule has 0 bridgehead atoms. The van der Waals surface area contributed by atoms with Gasteiger partial charge in [-0.1, -0.05) is 30.3 Å². The predicted molar refractivity (Wildman–Crippen MR) is 117 cm³/mol. The summed E-state index contributed by atoms with van der Waals surface area (Å²) in [6.07, 6.45) is 1.37. The number of nitrogens with zero attached hydrogens (tertiary/aromatic N) is 1. The van der Waals surface area contributed by atoms with E-state index in [0.717, 1.165) is 28.4 Å². The lowest BCUT2D eigenvalue weighted by Crippen LogP contribution is -2.29. The lowest BCUT2D eigenvalue weighted by Gasteiger charge is -2.19. The van der Waals surface area contributed by atoms with Crippen molar-refractivity contribution in [2.45, 2.75) is 24.7 Å². The van der Waals surface area contributed by atoms with Crippen molar-refractivity contribution in [2.24, 2.45) is 0 Å². The fourth-order valence-corrected chi connectivity index (χ4v) is 4.78. The minimum absolute atomic E-state index is 0.0812. The SMILES string of the molecule is Cc1cc(S(=O)(=O)NCCOc2ccc3ccccc3c2)ccc1N1CCCC1=O. The van der Waals surface area contributed by atoms with E-state index < -0.39 is 10.0 Å². The number of amides is 1. The van der Waals surface area contributed by atoms with Gasteiger partial charge in [0.15, 0.2) is 0 Å². The average Bonchev–Trinajstić information content (AvgIpc) is 3.16. The zero-order valence-electron chi connectivity index (χ0n) is 16.8. The van der Waals surface area contributed by atoms with Gasteiger partial charge in [-0.2, -0.15) is 0 Å². The molecule has 3 aromatic rings. The smallest absolute Gasteiger partial charge is 0.240 e. The van der Waals surface area contributed by atoms with E-state index >= 15 is 0 Å². The van der Waals surface area contributed by atoms with Gasteiger partial charge in [0.1, 0.15) is 12.4 Å². The number of fused-ring (bicyclic) bond motifs is 1. The number of aryl methyl sites for hydroxylation is 1. The Morgan fingerprint density at radius 3 is 2.57 bits per heavy atom. The number of carbonyl (C=O) groups is 1. The standard InChI is InChI=1S/C23H24N2O4S/c1-17-15-21(10-11-22(17)25-13-4-7-23(25)26)30(27,28)24-12-14-29-20-9-8-18-5-2-3-6-19(18)16-20/h2-3,5-6,8-11,15-16,24H,4,7,12-14H2,1H3. The van der Waals surface area contributed by atoms with Crippen molar-refractivity contribution < 1.29 is 17.9 Å². The van der Waals surface area contributed by atoms with Crippen LogP contribution < -0.4 is 14.4 Å². The van der Waals surface area contributed by atoms with E-state index in [-0.39, 0.29) is 24.0 Å². The second kappa shape index (κ2) is 8.45. The zero-order chi connectivity index (χ0) is 21.1. The second-order valence-corrected chi connectivity index (χ2v) is 9.12. The number of anilines is 1. The molecular formula is C23H24N2O4S. The lowest BCUT2D eigenvalue weighted by atomic mass is 10.1. The summed E-state index contributed by atoms with van der Waals surface area (Å²) in [5.74, 6) is 0.779. The van der Waals surface area contributed by atoms with Crippen molar-refractivity contribution in [3.05, 3.63) is 66.2 Å². The van der Waals surface area contributed by atoms with Gasteiger partial charge < -0.3 is 9.64 Å². The van der Waals surface area contributed by atoms with Gasteiger partial charge in [-0.05, 0) is 60.0 Å². The Hall–Kier alpha value is -2.90. The van der Waals surface area contributed by atoms with Crippen molar-refractivity contribution in [3.63, 3.8) is 0 Å². The molecule has 1 amide bonds. The molecule has 0 spiro atoms. The number of carbonyl (C=O) groups excluding carboxylic acids is 1. The Kier molecular flexibility index (Phi) is 5.74. The number of hydrogen-bond acceptors (Lipinski definition) is 4. The van der Waals surface area contributed by atoms with Crippen LogP contribution in [0.3, 0.4) is 0 Å². The van der Waals surface area contributed by atoms with Crippen LogP contribution in [0, 0.1) is 6.92 Å². The van der Waals surface area contributed by atoms with Crippen LogP contribution in [0.5, 0.6) is 5.75 Å². The monoisotopic (exact) mass is 424 g/mol. The zero-order valence-corrected chi connectivity index (χ0v) is 17.6. The number of benzene rings is 3. The lowest BCUT2D eigenvalue weighted by molar-refractivity contribution is -0.117. The first kappa shape index (κ1) is 20.4. The number of sulfonamides is 1. The first-order chi connectivity index (χ1) is 14.4. The summed E-state index contributed by atoms with van der Waals surface area (Å²) in [4.78, 5) is 13.9. The van der Waals surface area contributed by atoms with E-state index in [4.69, 9.17) is 4.74 Å². The van der Waals surface area contributed by atoms with Crippen LogP contribution in [0.4, 0.5) is 5.69 Å². The maximum Gasteiger partial charge on any atom is 0.240 e.